The van der Waals surface area contributed by atoms with Gasteiger partial charge in [0.05, 0.1) is 17.3 Å². The Kier molecular flexibility index (Phi) is 3.72. The number of aryl methyl sites for hydroxylation is 2. The van der Waals surface area contributed by atoms with E-state index in [9.17, 15) is 0 Å². The highest BCUT2D eigenvalue weighted by molar-refractivity contribution is 7.12. The smallest absolute Gasteiger partial charge is 0.149 e. The molecule has 98 valence electrons. The largest absolute Gasteiger partial charge is 0.396 e. The van der Waals surface area contributed by atoms with E-state index in [1.54, 1.807) is 17.4 Å². The van der Waals surface area contributed by atoms with Crippen LogP contribution in [0.15, 0.2) is 18.3 Å². The number of pyridine rings is 1. The molecular weight excluding hydrogens is 256 g/mol. The normalized spacial score (nSPS) is 11.9. The van der Waals surface area contributed by atoms with E-state index in [0.717, 1.165) is 0 Å². The number of nitriles is 1. The molecule has 4 nitrogen and oxygen atoms in total. The molecule has 0 spiro atoms. The molecule has 1 atom stereocenters. The molecule has 5 heteroatoms. The number of nitrogen functional groups attached to an aromatic ring is 1. The first-order valence-electron chi connectivity index (χ1n) is 6.00. The van der Waals surface area contributed by atoms with E-state index in [1.807, 2.05) is 6.07 Å². The second-order valence-electron chi connectivity index (χ2n) is 4.51. The molecule has 0 saturated carbocycles. The molecule has 0 aliphatic rings. The van der Waals surface area contributed by atoms with E-state index in [2.05, 4.69) is 37.1 Å². The maximum Gasteiger partial charge on any atom is 0.149 e. The van der Waals surface area contributed by atoms with Crippen molar-refractivity contribution < 1.29 is 0 Å². The topological polar surface area (TPSA) is 74.7 Å². The van der Waals surface area contributed by atoms with Gasteiger partial charge in [0.1, 0.15) is 11.9 Å². The molecule has 2 rings (SSSR count). The van der Waals surface area contributed by atoms with Crippen LogP contribution in [0.5, 0.6) is 0 Å². The van der Waals surface area contributed by atoms with Crippen LogP contribution in [0.4, 0.5) is 11.5 Å². The molecule has 0 amide bonds. The predicted molar refractivity (Wildman–Crippen MR) is 79.2 cm³/mol. The highest BCUT2D eigenvalue weighted by Crippen LogP contribution is 2.29. The first-order valence-corrected chi connectivity index (χ1v) is 6.82. The van der Waals surface area contributed by atoms with Gasteiger partial charge < -0.3 is 11.1 Å². The summed E-state index contributed by atoms with van der Waals surface area (Å²) in [5.74, 6) is 0.620. The molecule has 2 aromatic rings. The average molecular weight is 272 g/mol. The molecule has 0 aliphatic carbocycles. The molecule has 0 aromatic carbocycles. The molecule has 3 N–H and O–H groups in total. The van der Waals surface area contributed by atoms with Crippen LogP contribution in [0.25, 0.3) is 0 Å². The Labute approximate surface area is 116 Å². The summed E-state index contributed by atoms with van der Waals surface area (Å²) in [6.45, 7) is 6.29. The second kappa shape index (κ2) is 5.29. The van der Waals surface area contributed by atoms with Gasteiger partial charge in [0.25, 0.3) is 0 Å². The number of hydrogen-bond acceptors (Lipinski definition) is 5. The van der Waals surface area contributed by atoms with Crippen molar-refractivity contribution in [3.8, 4) is 6.07 Å². The van der Waals surface area contributed by atoms with Crippen LogP contribution in [-0.2, 0) is 0 Å². The van der Waals surface area contributed by atoms with E-state index in [1.165, 1.54) is 21.5 Å². The van der Waals surface area contributed by atoms with Gasteiger partial charge in [-0.25, -0.2) is 4.98 Å². The standard InChI is InChI=1S/C14H16N4S/c1-8-4-12(10(3)19-8)9(2)18-14-13(16)5-11(6-15)7-17-14/h4-5,7,9H,16H2,1-3H3,(H,17,18). The van der Waals surface area contributed by atoms with Gasteiger partial charge in [0, 0.05) is 16.0 Å². The van der Waals surface area contributed by atoms with E-state index in [-0.39, 0.29) is 6.04 Å². The monoisotopic (exact) mass is 272 g/mol. The molecule has 0 bridgehead atoms. The van der Waals surface area contributed by atoms with Crippen molar-refractivity contribution in [3.63, 3.8) is 0 Å². The Bertz CT molecular complexity index is 639. The molecule has 0 saturated heterocycles. The molecule has 2 aromatic heterocycles. The molecular formula is C14H16N4S. The lowest BCUT2D eigenvalue weighted by atomic mass is 10.1. The minimum Gasteiger partial charge on any atom is -0.396 e. The summed E-state index contributed by atoms with van der Waals surface area (Å²) in [5.41, 5.74) is 8.12. The van der Waals surface area contributed by atoms with E-state index >= 15 is 0 Å². The lowest BCUT2D eigenvalue weighted by molar-refractivity contribution is 0.872. The first kappa shape index (κ1) is 13.4. The second-order valence-corrected chi connectivity index (χ2v) is 5.97. The molecule has 1 unspecified atom stereocenters. The molecule has 0 aliphatic heterocycles. The molecule has 2 heterocycles. The van der Waals surface area contributed by atoms with Crippen molar-refractivity contribution in [2.45, 2.75) is 26.8 Å². The number of nitrogens with zero attached hydrogens (tertiary/aromatic N) is 2. The van der Waals surface area contributed by atoms with Gasteiger partial charge in [-0.15, -0.1) is 11.3 Å². The number of hydrogen-bond donors (Lipinski definition) is 2. The molecule has 0 fully saturated rings. The summed E-state index contributed by atoms with van der Waals surface area (Å²) < 4.78 is 0. The Morgan fingerprint density at radius 3 is 2.68 bits per heavy atom. The van der Waals surface area contributed by atoms with Crippen molar-refractivity contribution in [2.75, 3.05) is 11.1 Å². The van der Waals surface area contributed by atoms with Gasteiger partial charge in [-0.2, -0.15) is 5.26 Å². The van der Waals surface area contributed by atoms with Crippen molar-refractivity contribution in [2.24, 2.45) is 0 Å². The van der Waals surface area contributed by atoms with Gasteiger partial charge in [-0.1, -0.05) is 0 Å². The van der Waals surface area contributed by atoms with E-state index in [0.29, 0.717) is 17.1 Å². The lowest BCUT2D eigenvalue weighted by Gasteiger charge is -2.16. The summed E-state index contributed by atoms with van der Waals surface area (Å²) >= 11 is 1.78. The molecule has 19 heavy (non-hydrogen) atoms. The van der Waals surface area contributed by atoms with Gasteiger partial charge >= 0.3 is 0 Å². The fourth-order valence-electron chi connectivity index (χ4n) is 2.03. The SMILES string of the molecule is Cc1cc(C(C)Nc2ncc(C#N)cc2N)c(C)s1. The van der Waals surface area contributed by atoms with Crippen LogP contribution in [0, 0.1) is 25.2 Å². The van der Waals surface area contributed by atoms with Gasteiger partial charge in [-0.05, 0) is 38.5 Å². The zero-order valence-corrected chi connectivity index (χ0v) is 12.0. The van der Waals surface area contributed by atoms with Crippen molar-refractivity contribution in [1.82, 2.24) is 4.98 Å². The highest BCUT2D eigenvalue weighted by Gasteiger charge is 2.13. The molecule has 0 radical (unpaired) electrons. The minimum atomic E-state index is 0.132. The van der Waals surface area contributed by atoms with Crippen LogP contribution in [0.1, 0.15) is 33.8 Å². The fraction of sp³-hybridized carbons (Fsp3) is 0.286. The number of nitrogens with two attached hydrogens (primary N) is 1. The lowest BCUT2D eigenvalue weighted by Crippen LogP contribution is -2.10. The van der Waals surface area contributed by atoms with Crippen molar-refractivity contribution in [1.29, 1.82) is 5.26 Å². The van der Waals surface area contributed by atoms with Crippen molar-refractivity contribution in [3.05, 3.63) is 39.2 Å². The summed E-state index contributed by atoms with van der Waals surface area (Å²) in [5, 5.41) is 12.1. The Hall–Kier alpha value is -2.06. The van der Waals surface area contributed by atoms with Crippen LogP contribution < -0.4 is 11.1 Å². The first-order chi connectivity index (χ1) is 9.01. The summed E-state index contributed by atoms with van der Waals surface area (Å²) in [6, 6.07) is 5.97. The van der Waals surface area contributed by atoms with Gasteiger partial charge in [-0.3, -0.25) is 0 Å². The Balaban J connectivity index is 2.22. The highest BCUT2D eigenvalue weighted by atomic mass is 32.1. The summed E-state index contributed by atoms with van der Waals surface area (Å²) in [7, 11) is 0. The number of rotatable bonds is 3. The number of anilines is 2. The summed E-state index contributed by atoms with van der Waals surface area (Å²) in [6.07, 6.45) is 1.52. The van der Waals surface area contributed by atoms with Gasteiger partial charge in [0.2, 0.25) is 0 Å². The Morgan fingerprint density at radius 2 is 2.16 bits per heavy atom. The van der Waals surface area contributed by atoms with Crippen LogP contribution in [0.2, 0.25) is 0 Å². The third-order valence-corrected chi connectivity index (χ3v) is 3.93. The quantitative estimate of drug-likeness (QED) is 0.898. The number of nitrogens with one attached hydrogen (secondary N) is 1. The maximum absolute atomic E-state index is 8.79. The maximum atomic E-state index is 8.79. The van der Waals surface area contributed by atoms with Crippen LogP contribution >= 0.6 is 11.3 Å². The Morgan fingerprint density at radius 1 is 1.42 bits per heavy atom. The average Bonchev–Trinajstić information content (AvgIpc) is 2.71. The fourth-order valence-corrected chi connectivity index (χ4v) is 3.05. The van der Waals surface area contributed by atoms with Crippen LogP contribution in [0.3, 0.4) is 0 Å². The number of thiophene rings is 1. The predicted octanol–water partition coefficient (Wildman–Crippen LogP) is 3.39. The van der Waals surface area contributed by atoms with Crippen molar-refractivity contribution >= 4 is 22.8 Å². The number of aromatic nitrogens is 1. The van der Waals surface area contributed by atoms with E-state index < -0.39 is 0 Å². The van der Waals surface area contributed by atoms with Crippen LogP contribution in [-0.4, -0.2) is 4.98 Å². The third kappa shape index (κ3) is 2.85. The summed E-state index contributed by atoms with van der Waals surface area (Å²) in [4.78, 5) is 6.79. The van der Waals surface area contributed by atoms with E-state index in [4.69, 9.17) is 11.0 Å². The van der Waals surface area contributed by atoms with Gasteiger partial charge in [0.15, 0.2) is 0 Å². The zero-order chi connectivity index (χ0) is 14.0. The minimum absolute atomic E-state index is 0.132. The zero-order valence-electron chi connectivity index (χ0n) is 11.2. The third-order valence-electron chi connectivity index (χ3n) is 2.95.